The maximum Gasteiger partial charge on any atom is 0.273 e. The van der Waals surface area contributed by atoms with Crippen LogP contribution in [0.4, 0.5) is 16.0 Å². The smallest absolute Gasteiger partial charge is 0.273 e. The number of nitrogens with zero attached hydrogens (tertiary/aromatic N) is 5. The number of benzene rings is 1. The van der Waals surface area contributed by atoms with E-state index in [9.17, 15) is 19.4 Å². The quantitative estimate of drug-likeness (QED) is 0.592. The zero-order valence-electron chi connectivity index (χ0n) is 22.9. The molecule has 8 nitrogen and oxygen atoms in total. The number of carbonyl (C=O) groups is 1. The number of aromatic nitrogens is 2. The first-order valence-electron chi connectivity index (χ1n) is 13.8. The summed E-state index contributed by atoms with van der Waals surface area (Å²) in [5.74, 6) is 0.115. The Morgan fingerprint density at radius 2 is 1.82 bits per heavy atom. The monoisotopic (exact) mass is 525 g/mol. The lowest BCUT2D eigenvalue weighted by atomic mass is 9.83. The Labute approximate surface area is 224 Å². The Balaban J connectivity index is 1.29. The van der Waals surface area contributed by atoms with E-state index in [1.807, 2.05) is 16.7 Å². The summed E-state index contributed by atoms with van der Waals surface area (Å²) in [5, 5.41) is 20.6. The third-order valence-corrected chi connectivity index (χ3v) is 8.34. The fraction of sp³-hybridized carbons (Fsp3) is 0.621. The van der Waals surface area contributed by atoms with Gasteiger partial charge in [0.2, 0.25) is 5.95 Å². The Bertz CT molecular complexity index is 1170. The zero-order valence-corrected chi connectivity index (χ0v) is 22.9. The van der Waals surface area contributed by atoms with Crippen LogP contribution in [0.2, 0.25) is 0 Å². The van der Waals surface area contributed by atoms with Crippen LogP contribution >= 0.6 is 0 Å². The minimum atomic E-state index is -1.10. The van der Waals surface area contributed by atoms with Gasteiger partial charge in [0, 0.05) is 44.0 Å². The van der Waals surface area contributed by atoms with Gasteiger partial charge in [-0.1, -0.05) is 6.07 Å². The average Bonchev–Trinajstić information content (AvgIpc) is 3.70. The van der Waals surface area contributed by atoms with E-state index in [1.54, 1.807) is 38.2 Å². The second-order valence-electron chi connectivity index (χ2n) is 12.1. The SMILES string of the molecule is C[C@@H]1CN(c2ccc(C(C)(C)O)cc2F)CCN1c1nccc(C(=O)N(C2CC2)[C@H]2CC[C@@](C)(O)CC2)n1. The van der Waals surface area contributed by atoms with Crippen LogP contribution in [0.1, 0.15) is 82.3 Å². The summed E-state index contributed by atoms with van der Waals surface area (Å²) in [6, 6.07) is 7.00. The van der Waals surface area contributed by atoms with Gasteiger partial charge in [0.25, 0.3) is 5.91 Å². The van der Waals surface area contributed by atoms with E-state index in [0.29, 0.717) is 55.4 Å². The van der Waals surface area contributed by atoms with Gasteiger partial charge in [-0.15, -0.1) is 0 Å². The summed E-state index contributed by atoms with van der Waals surface area (Å²) in [5.41, 5.74) is -0.284. The predicted molar refractivity (Wildman–Crippen MR) is 145 cm³/mol. The van der Waals surface area contributed by atoms with Crippen LogP contribution in [0.15, 0.2) is 30.5 Å². The van der Waals surface area contributed by atoms with Gasteiger partial charge in [0.15, 0.2) is 0 Å². The third-order valence-electron chi connectivity index (χ3n) is 8.34. The molecular formula is C29H40FN5O3. The van der Waals surface area contributed by atoms with E-state index in [2.05, 4.69) is 16.8 Å². The average molecular weight is 526 g/mol. The molecule has 206 valence electrons. The molecule has 2 aliphatic carbocycles. The van der Waals surface area contributed by atoms with Crippen molar-refractivity contribution in [2.75, 3.05) is 29.4 Å². The zero-order chi connectivity index (χ0) is 27.2. The van der Waals surface area contributed by atoms with E-state index < -0.39 is 11.2 Å². The molecule has 1 amide bonds. The molecule has 3 fully saturated rings. The summed E-state index contributed by atoms with van der Waals surface area (Å²) < 4.78 is 14.9. The summed E-state index contributed by atoms with van der Waals surface area (Å²) >= 11 is 0. The molecule has 0 spiro atoms. The van der Waals surface area contributed by atoms with E-state index in [1.165, 1.54) is 6.07 Å². The lowest BCUT2D eigenvalue weighted by Crippen LogP contribution is -2.53. The number of halogens is 1. The first-order chi connectivity index (χ1) is 17.9. The molecule has 1 saturated heterocycles. The van der Waals surface area contributed by atoms with Crippen molar-refractivity contribution in [2.45, 2.75) is 95.5 Å². The highest BCUT2D eigenvalue weighted by Crippen LogP contribution is 2.37. The van der Waals surface area contributed by atoms with E-state index in [-0.39, 0.29) is 29.8 Å². The Morgan fingerprint density at radius 3 is 2.42 bits per heavy atom. The van der Waals surface area contributed by atoms with Gasteiger partial charge in [0.05, 0.1) is 16.9 Å². The molecular weight excluding hydrogens is 485 g/mol. The minimum Gasteiger partial charge on any atom is -0.390 e. The Kier molecular flexibility index (Phi) is 7.11. The minimum absolute atomic E-state index is 0.00238. The Morgan fingerprint density at radius 1 is 1.13 bits per heavy atom. The lowest BCUT2D eigenvalue weighted by molar-refractivity contribution is -0.00507. The van der Waals surface area contributed by atoms with Gasteiger partial charge in [-0.25, -0.2) is 14.4 Å². The van der Waals surface area contributed by atoms with Crippen molar-refractivity contribution in [3.63, 3.8) is 0 Å². The van der Waals surface area contributed by atoms with Crippen LogP contribution in [0.3, 0.4) is 0 Å². The topological polar surface area (TPSA) is 93.0 Å². The summed E-state index contributed by atoms with van der Waals surface area (Å²) in [6.07, 6.45) is 6.70. The van der Waals surface area contributed by atoms with Crippen molar-refractivity contribution in [1.29, 1.82) is 0 Å². The maximum absolute atomic E-state index is 14.9. The molecule has 0 unspecified atom stereocenters. The predicted octanol–water partition coefficient (Wildman–Crippen LogP) is 3.86. The van der Waals surface area contributed by atoms with Gasteiger partial charge in [-0.3, -0.25) is 4.79 Å². The molecule has 2 saturated carbocycles. The van der Waals surface area contributed by atoms with Crippen LogP contribution in [0.5, 0.6) is 0 Å². The molecule has 1 aliphatic heterocycles. The number of rotatable bonds is 6. The fourth-order valence-corrected chi connectivity index (χ4v) is 5.84. The van der Waals surface area contributed by atoms with Crippen molar-refractivity contribution in [2.24, 2.45) is 0 Å². The molecule has 2 N–H and O–H groups in total. The maximum atomic E-state index is 14.9. The van der Waals surface area contributed by atoms with E-state index >= 15 is 0 Å². The van der Waals surface area contributed by atoms with Gasteiger partial charge >= 0.3 is 0 Å². The number of hydrogen-bond acceptors (Lipinski definition) is 7. The molecule has 1 atom stereocenters. The number of amides is 1. The summed E-state index contributed by atoms with van der Waals surface area (Å²) in [6.45, 7) is 8.98. The molecule has 1 aromatic carbocycles. The summed E-state index contributed by atoms with van der Waals surface area (Å²) in [4.78, 5) is 29.0. The van der Waals surface area contributed by atoms with Crippen LogP contribution < -0.4 is 9.80 Å². The van der Waals surface area contributed by atoms with E-state index in [0.717, 1.165) is 25.7 Å². The molecule has 0 radical (unpaired) electrons. The van der Waals surface area contributed by atoms with Crippen LogP contribution in [-0.4, -0.2) is 74.3 Å². The lowest BCUT2D eigenvalue weighted by Gasteiger charge is -2.41. The number of hydrogen-bond donors (Lipinski definition) is 2. The molecule has 2 aromatic rings. The van der Waals surface area contributed by atoms with Gasteiger partial charge in [-0.2, -0.15) is 0 Å². The molecule has 38 heavy (non-hydrogen) atoms. The van der Waals surface area contributed by atoms with E-state index in [4.69, 9.17) is 4.98 Å². The molecule has 2 heterocycles. The molecule has 0 bridgehead atoms. The van der Waals surface area contributed by atoms with Crippen molar-refractivity contribution in [3.8, 4) is 0 Å². The highest BCUT2D eigenvalue weighted by molar-refractivity contribution is 5.93. The number of piperazine rings is 1. The fourth-order valence-electron chi connectivity index (χ4n) is 5.84. The standard InChI is InChI=1S/C29H40FN5O3/c1-19-18-33(25-8-5-20(17-23(25)30)28(2,3)37)15-16-34(19)27-31-14-11-24(32-27)26(36)35(21-6-7-21)22-9-12-29(4,38)13-10-22/h5,8,11,14,17,19,21-22,37-38H,6-7,9-10,12-13,15-16,18H2,1-4H3/t19-,22-,29+/m1/s1. The highest BCUT2D eigenvalue weighted by Gasteiger charge is 2.41. The van der Waals surface area contributed by atoms with Gasteiger partial charge < -0.3 is 24.9 Å². The normalized spacial score (nSPS) is 26.4. The molecule has 3 aliphatic rings. The van der Waals surface area contributed by atoms with Crippen LogP contribution in [0, 0.1) is 5.82 Å². The third kappa shape index (κ3) is 5.64. The van der Waals surface area contributed by atoms with Crippen LogP contribution in [-0.2, 0) is 5.60 Å². The van der Waals surface area contributed by atoms with Crippen molar-refractivity contribution in [1.82, 2.24) is 14.9 Å². The molecule has 9 heteroatoms. The molecule has 1 aromatic heterocycles. The first kappa shape index (κ1) is 26.8. The highest BCUT2D eigenvalue weighted by atomic mass is 19.1. The summed E-state index contributed by atoms with van der Waals surface area (Å²) in [7, 11) is 0. The number of anilines is 2. The van der Waals surface area contributed by atoms with Crippen molar-refractivity contribution < 1.29 is 19.4 Å². The van der Waals surface area contributed by atoms with Crippen molar-refractivity contribution >= 4 is 17.5 Å². The number of aliphatic hydroxyl groups is 2. The van der Waals surface area contributed by atoms with Crippen LogP contribution in [0.25, 0.3) is 0 Å². The van der Waals surface area contributed by atoms with Crippen molar-refractivity contribution in [3.05, 3.63) is 47.5 Å². The second-order valence-corrected chi connectivity index (χ2v) is 12.1. The second kappa shape index (κ2) is 10.1. The number of carbonyl (C=O) groups excluding carboxylic acids is 1. The molecule has 5 rings (SSSR count). The Hall–Kier alpha value is -2.78. The van der Waals surface area contributed by atoms with Gasteiger partial charge in [-0.05, 0) is 90.0 Å². The largest absolute Gasteiger partial charge is 0.390 e. The first-order valence-corrected chi connectivity index (χ1v) is 13.8. The van der Waals surface area contributed by atoms with Gasteiger partial charge in [0.1, 0.15) is 11.5 Å².